The smallest absolute Gasteiger partial charge is 0.341 e. The number of amides is 1. The van der Waals surface area contributed by atoms with Crippen LogP contribution in [0.4, 0.5) is 5.82 Å². The SMILES string of the molecule is C[C@@]1(O)CCN(C(=O)c2ccc(OCC(=O)O)cc2)C[C@H]1n1cnc2c(N)ncnc21. The molecule has 11 heteroatoms. The number of carboxylic acid groups (broad SMARTS) is 1. The highest BCUT2D eigenvalue weighted by Crippen LogP contribution is 2.34. The van der Waals surface area contributed by atoms with Gasteiger partial charge in [-0.3, -0.25) is 4.79 Å². The number of aliphatic carboxylic acids is 1. The van der Waals surface area contributed by atoms with Crippen LogP contribution in [0.15, 0.2) is 36.9 Å². The monoisotopic (exact) mass is 426 g/mol. The van der Waals surface area contributed by atoms with Gasteiger partial charge in [-0.15, -0.1) is 0 Å². The average molecular weight is 426 g/mol. The summed E-state index contributed by atoms with van der Waals surface area (Å²) in [6.07, 6.45) is 3.26. The fraction of sp³-hybridized carbons (Fsp3) is 0.350. The molecule has 1 fully saturated rings. The first kappa shape index (κ1) is 20.5. The highest BCUT2D eigenvalue weighted by atomic mass is 16.5. The maximum Gasteiger partial charge on any atom is 0.341 e. The van der Waals surface area contributed by atoms with E-state index in [1.54, 1.807) is 47.0 Å². The fourth-order valence-corrected chi connectivity index (χ4v) is 3.72. The quantitative estimate of drug-likeness (QED) is 0.534. The largest absolute Gasteiger partial charge is 0.482 e. The summed E-state index contributed by atoms with van der Waals surface area (Å²) >= 11 is 0. The molecule has 1 aliphatic rings. The van der Waals surface area contributed by atoms with Gasteiger partial charge in [-0.05, 0) is 37.6 Å². The van der Waals surface area contributed by atoms with Crippen molar-refractivity contribution in [3.05, 3.63) is 42.5 Å². The lowest BCUT2D eigenvalue weighted by molar-refractivity contribution is -0.139. The number of fused-ring (bicyclic) bond motifs is 1. The molecule has 0 spiro atoms. The first-order valence-electron chi connectivity index (χ1n) is 9.65. The van der Waals surface area contributed by atoms with Gasteiger partial charge in [0.2, 0.25) is 0 Å². The molecule has 4 N–H and O–H groups in total. The minimum Gasteiger partial charge on any atom is -0.482 e. The number of carbonyl (C=O) groups is 2. The van der Waals surface area contributed by atoms with E-state index in [1.165, 1.54) is 6.33 Å². The maximum absolute atomic E-state index is 13.1. The second-order valence-electron chi connectivity index (χ2n) is 7.66. The van der Waals surface area contributed by atoms with Crippen LogP contribution in [0.25, 0.3) is 11.2 Å². The van der Waals surface area contributed by atoms with E-state index < -0.39 is 24.2 Å². The van der Waals surface area contributed by atoms with E-state index in [4.69, 9.17) is 15.6 Å². The minimum atomic E-state index is -1.08. The number of carbonyl (C=O) groups excluding carboxylic acids is 1. The molecule has 1 amide bonds. The molecule has 11 nitrogen and oxygen atoms in total. The standard InChI is InChI=1S/C20H22N6O5/c1-20(30)6-7-25(19(29)12-2-4-13(5-3-12)31-9-15(27)28)8-14(20)26-11-24-16-17(21)22-10-23-18(16)26/h2-5,10-11,14,30H,6-9H2,1H3,(H,27,28)(H2,21,22,23)/t14-,20-/m1/s1. The molecule has 31 heavy (non-hydrogen) atoms. The lowest BCUT2D eigenvalue weighted by Gasteiger charge is -2.43. The fourth-order valence-electron chi connectivity index (χ4n) is 3.72. The molecule has 3 aromatic rings. The summed E-state index contributed by atoms with van der Waals surface area (Å²) in [5, 5.41) is 19.7. The molecule has 0 radical (unpaired) electrons. The molecule has 2 atom stereocenters. The Morgan fingerprint density at radius 1 is 1.26 bits per heavy atom. The van der Waals surface area contributed by atoms with Gasteiger partial charge >= 0.3 is 5.97 Å². The Morgan fingerprint density at radius 2 is 2.00 bits per heavy atom. The summed E-state index contributed by atoms with van der Waals surface area (Å²) in [6.45, 7) is 1.90. The van der Waals surface area contributed by atoms with Crippen LogP contribution in [0.2, 0.25) is 0 Å². The number of aliphatic hydroxyl groups is 1. The molecule has 0 saturated carbocycles. The van der Waals surface area contributed by atoms with Crippen molar-refractivity contribution in [3.63, 3.8) is 0 Å². The molecule has 1 aliphatic heterocycles. The van der Waals surface area contributed by atoms with Crippen LogP contribution in [-0.2, 0) is 4.79 Å². The molecule has 1 aromatic carbocycles. The molecule has 0 bridgehead atoms. The second kappa shape index (κ2) is 7.84. The topological polar surface area (TPSA) is 157 Å². The third-order valence-corrected chi connectivity index (χ3v) is 5.47. The van der Waals surface area contributed by atoms with Gasteiger partial charge in [0.25, 0.3) is 5.91 Å². The van der Waals surface area contributed by atoms with E-state index in [0.29, 0.717) is 35.4 Å². The van der Waals surface area contributed by atoms with Gasteiger partial charge in [0, 0.05) is 18.7 Å². The van der Waals surface area contributed by atoms with Crippen molar-refractivity contribution >= 4 is 28.9 Å². The van der Waals surface area contributed by atoms with Gasteiger partial charge in [0.1, 0.15) is 17.6 Å². The van der Waals surface area contributed by atoms with Crippen LogP contribution in [0.5, 0.6) is 5.75 Å². The van der Waals surface area contributed by atoms with Crippen LogP contribution in [0.3, 0.4) is 0 Å². The molecular formula is C20H22N6O5. The Labute approximate surface area is 177 Å². The average Bonchev–Trinajstić information content (AvgIpc) is 3.17. The van der Waals surface area contributed by atoms with Crippen molar-refractivity contribution in [3.8, 4) is 5.75 Å². The minimum absolute atomic E-state index is 0.205. The zero-order valence-corrected chi connectivity index (χ0v) is 16.8. The number of piperidine rings is 1. The highest BCUT2D eigenvalue weighted by molar-refractivity contribution is 5.94. The number of likely N-dealkylation sites (tertiary alicyclic amines) is 1. The van der Waals surface area contributed by atoms with Gasteiger partial charge in [-0.25, -0.2) is 19.7 Å². The van der Waals surface area contributed by atoms with Crippen molar-refractivity contribution in [2.45, 2.75) is 25.0 Å². The van der Waals surface area contributed by atoms with Crippen LogP contribution in [0, 0.1) is 0 Å². The number of rotatable bonds is 5. The number of hydrogen-bond acceptors (Lipinski definition) is 8. The van der Waals surface area contributed by atoms with E-state index in [-0.39, 0.29) is 18.3 Å². The molecule has 2 aromatic heterocycles. The number of carboxylic acids is 1. The van der Waals surface area contributed by atoms with Crippen LogP contribution >= 0.6 is 0 Å². The Kier molecular flexibility index (Phi) is 5.19. The van der Waals surface area contributed by atoms with Crippen molar-refractivity contribution in [2.24, 2.45) is 0 Å². The first-order valence-corrected chi connectivity index (χ1v) is 9.65. The normalized spacial score (nSPS) is 21.2. The number of hydrogen-bond donors (Lipinski definition) is 3. The van der Waals surface area contributed by atoms with E-state index in [0.717, 1.165) is 0 Å². The number of nitrogen functional groups attached to an aromatic ring is 1. The summed E-state index contributed by atoms with van der Waals surface area (Å²) in [5.41, 5.74) is 6.16. The summed E-state index contributed by atoms with van der Waals surface area (Å²) in [6, 6.07) is 5.79. The maximum atomic E-state index is 13.1. The summed E-state index contributed by atoms with van der Waals surface area (Å²) in [7, 11) is 0. The third-order valence-electron chi connectivity index (χ3n) is 5.47. The number of nitrogens with zero attached hydrogens (tertiary/aromatic N) is 5. The lowest BCUT2D eigenvalue weighted by atomic mass is 9.88. The van der Waals surface area contributed by atoms with Crippen molar-refractivity contribution in [1.82, 2.24) is 24.4 Å². The van der Waals surface area contributed by atoms with Crippen LogP contribution in [-0.4, -0.2) is 71.8 Å². The van der Waals surface area contributed by atoms with Gasteiger partial charge in [-0.1, -0.05) is 0 Å². The Balaban J connectivity index is 1.56. The molecule has 1 saturated heterocycles. The van der Waals surface area contributed by atoms with Gasteiger partial charge in [0.05, 0.1) is 18.0 Å². The number of nitrogens with two attached hydrogens (primary N) is 1. The number of ether oxygens (including phenoxy) is 1. The number of anilines is 1. The summed E-state index contributed by atoms with van der Waals surface area (Å²) in [5.74, 6) is -0.674. The van der Waals surface area contributed by atoms with E-state index >= 15 is 0 Å². The van der Waals surface area contributed by atoms with Crippen LogP contribution in [0.1, 0.15) is 29.7 Å². The predicted molar refractivity (Wildman–Crippen MR) is 109 cm³/mol. The van der Waals surface area contributed by atoms with E-state index in [2.05, 4.69) is 15.0 Å². The lowest BCUT2D eigenvalue weighted by Crippen LogP contribution is -2.52. The Bertz CT molecular complexity index is 1130. The first-order chi connectivity index (χ1) is 14.8. The van der Waals surface area contributed by atoms with E-state index in [1.807, 2.05) is 0 Å². The van der Waals surface area contributed by atoms with E-state index in [9.17, 15) is 14.7 Å². The molecule has 4 rings (SSSR count). The molecule has 3 heterocycles. The van der Waals surface area contributed by atoms with Crippen molar-refractivity contribution < 1.29 is 24.5 Å². The summed E-state index contributed by atoms with van der Waals surface area (Å²) < 4.78 is 6.83. The van der Waals surface area contributed by atoms with Crippen LogP contribution < -0.4 is 10.5 Å². The van der Waals surface area contributed by atoms with Crippen molar-refractivity contribution in [1.29, 1.82) is 0 Å². The zero-order valence-electron chi connectivity index (χ0n) is 16.8. The number of aromatic nitrogens is 4. The Hall–Kier alpha value is -3.73. The van der Waals surface area contributed by atoms with Crippen molar-refractivity contribution in [2.75, 3.05) is 25.4 Å². The Morgan fingerprint density at radius 3 is 2.71 bits per heavy atom. The number of benzene rings is 1. The number of imidazole rings is 1. The zero-order chi connectivity index (χ0) is 22.2. The summed E-state index contributed by atoms with van der Waals surface area (Å²) in [4.78, 5) is 37.8. The van der Waals surface area contributed by atoms with Gasteiger partial charge in [-0.2, -0.15) is 0 Å². The van der Waals surface area contributed by atoms with Gasteiger partial charge in [0.15, 0.2) is 18.1 Å². The predicted octanol–water partition coefficient (Wildman–Crippen LogP) is 0.710. The van der Waals surface area contributed by atoms with Gasteiger partial charge < -0.3 is 30.2 Å². The molecule has 0 aliphatic carbocycles. The second-order valence-corrected chi connectivity index (χ2v) is 7.66. The highest BCUT2D eigenvalue weighted by Gasteiger charge is 2.41. The molecule has 0 unspecified atom stereocenters. The molecule has 162 valence electrons. The molecular weight excluding hydrogens is 404 g/mol. The third kappa shape index (κ3) is 3.99.